The van der Waals surface area contributed by atoms with E-state index in [0.717, 1.165) is 37.5 Å². The monoisotopic (exact) mass is 348 g/mol. The summed E-state index contributed by atoms with van der Waals surface area (Å²) in [5, 5.41) is 13.8. The first-order valence-corrected chi connectivity index (χ1v) is 9.30. The molecule has 1 aromatic heterocycles. The predicted molar refractivity (Wildman–Crippen MR) is 104 cm³/mol. The van der Waals surface area contributed by atoms with Gasteiger partial charge in [-0.2, -0.15) is 0 Å². The van der Waals surface area contributed by atoms with Gasteiger partial charge in [0.2, 0.25) is 0 Å². The van der Waals surface area contributed by atoms with Crippen molar-refractivity contribution in [1.82, 2.24) is 9.88 Å². The molecule has 0 amide bonds. The van der Waals surface area contributed by atoms with Crippen molar-refractivity contribution >= 4 is 16.9 Å². The summed E-state index contributed by atoms with van der Waals surface area (Å²) in [6.45, 7) is 3.31. The Bertz CT molecular complexity index is 906. The normalized spacial score (nSPS) is 15.4. The Morgan fingerprint density at radius 1 is 1.08 bits per heavy atom. The third-order valence-corrected chi connectivity index (χ3v) is 5.38. The predicted octanol–water partition coefficient (Wildman–Crippen LogP) is 3.93. The third kappa shape index (κ3) is 3.51. The van der Waals surface area contributed by atoms with Crippen LogP contribution in [0.4, 0.5) is 0 Å². The first kappa shape index (κ1) is 16.9. The Balaban J connectivity index is 1.61. The molecule has 26 heavy (non-hydrogen) atoms. The lowest BCUT2D eigenvalue weighted by molar-refractivity contribution is 0.0697. The number of carboxylic acids is 1. The number of para-hydroxylation sites is 1. The molecular weight excluding hydrogens is 324 g/mol. The molecule has 1 aliphatic rings. The molecule has 4 rings (SSSR count). The van der Waals surface area contributed by atoms with Crippen molar-refractivity contribution < 1.29 is 9.90 Å². The fourth-order valence-corrected chi connectivity index (χ4v) is 3.94. The molecular formula is C22H24N2O2. The molecule has 1 fully saturated rings. The molecule has 4 nitrogen and oxygen atoms in total. The number of piperidine rings is 1. The molecule has 0 radical (unpaired) electrons. The van der Waals surface area contributed by atoms with Crippen LogP contribution in [0.2, 0.25) is 0 Å². The molecule has 2 aromatic carbocycles. The van der Waals surface area contributed by atoms with Gasteiger partial charge in [0.25, 0.3) is 0 Å². The van der Waals surface area contributed by atoms with Crippen LogP contribution in [0.25, 0.3) is 10.9 Å². The van der Waals surface area contributed by atoms with Crippen molar-refractivity contribution in [3.05, 3.63) is 71.4 Å². The molecule has 0 saturated carbocycles. The van der Waals surface area contributed by atoms with E-state index in [9.17, 15) is 4.79 Å². The van der Waals surface area contributed by atoms with E-state index in [-0.39, 0.29) is 0 Å². The fraction of sp³-hybridized carbons (Fsp3) is 0.318. The van der Waals surface area contributed by atoms with E-state index in [1.165, 1.54) is 29.3 Å². The van der Waals surface area contributed by atoms with Crippen LogP contribution in [0.1, 0.15) is 34.3 Å². The van der Waals surface area contributed by atoms with E-state index >= 15 is 0 Å². The number of aromatic carboxylic acids is 1. The highest BCUT2D eigenvalue weighted by Gasteiger charge is 2.16. The van der Waals surface area contributed by atoms with E-state index in [0.29, 0.717) is 5.56 Å². The van der Waals surface area contributed by atoms with Gasteiger partial charge in [0, 0.05) is 23.6 Å². The summed E-state index contributed by atoms with van der Waals surface area (Å²) < 4.78 is 2.41. The average Bonchev–Trinajstić information content (AvgIpc) is 3.01. The molecule has 1 saturated heterocycles. The molecule has 134 valence electrons. The second-order valence-electron chi connectivity index (χ2n) is 7.20. The van der Waals surface area contributed by atoms with Gasteiger partial charge in [0.15, 0.2) is 0 Å². The summed E-state index contributed by atoms with van der Waals surface area (Å²) in [6, 6.07) is 15.8. The van der Waals surface area contributed by atoms with Crippen molar-refractivity contribution in [2.24, 2.45) is 5.92 Å². The van der Waals surface area contributed by atoms with E-state index < -0.39 is 5.97 Å². The smallest absolute Gasteiger partial charge is 0.335 e. The van der Waals surface area contributed by atoms with Crippen LogP contribution in [-0.2, 0) is 13.0 Å². The Labute approximate surface area is 153 Å². The largest absolute Gasteiger partial charge is 0.478 e. The van der Waals surface area contributed by atoms with E-state index in [2.05, 4.69) is 40.3 Å². The highest BCUT2D eigenvalue weighted by atomic mass is 16.4. The van der Waals surface area contributed by atoms with Gasteiger partial charge in [0.05, 0.1) is 5.56 Å². The lowest BCUT2D eigenvalue weighted by Crippen LogP contribution is -2.29. The Kier molecular flexibility index (Phi) is 4.76. The summed E-state index contributed by atoms with van der Waals surface area (Å²) in [7, 11) is 0. The summed E-state index contributed by atoms with van der Waals surface area (Å²) >= 11 is 0. The maximum Gasteiger partial charge on any atom is 0.335 e. The minimum atomic E-state index is -0.880. The zero-order chi connectivity index (χ0) is 17.9. The van der Waals surface area contributed by atoms with Gasteiger partial charge in [-0.1, -0.05) is 30.3 Å². The molecule has 0 unspecified atom stereocenters. The molecule has 0 aliphatic carbocycles. The lowest BCUT2D eigenvalue weighted by Gasteiger charge is -2.23. The molecule has 0 bridgehead atoms. The number of rotatable bonds is 5. The topological polar surface area (TPSA) is 54.3 Å². The van der Waals surface area contributed by atoms with Gasteiger partial charge in [0.1, 0.15) is 0 Å². The summed E-state index contributed by atoms with van der Waals surface area (Å²) in [5.41, 5.74) is 4.07. The molecule has 2 N–H and O–H groups in total. The average molecular weight is 348 g/mol. The molecule has 0 atom stereocenters. The second-order valence-corrected chi connectivity index (χ2v) is 7.20. The number of carbonyl (C=O) groups is 1. The van der Waals surface area contributed by atoms with Gasteiger partial charge < -0.3 is 15.0 Å². The number of carboxylic acid groups (broad SMARTS) is 1. The van der Waals surface area contributed by atoms with Crippen molar-refractivity contribution in [2.75, 3.05) is 13.1 Å². The van der Waals surface area contributed by atoms with Crippen LogP contribution in [0, 0.1) is 5.92 Å². The van der Waals surface area contributed by atoms with Crippen molar-refractivity contribution in [1.29, 1.82) is 0 Å². The number of nitrogens with zero attached hydrogens (tertiary/aromatic N) is 1. The van der Waals surface area contributed by atoms with Gasteiger partial charge in [-0.25, -0.2) is 4.79 Å². The molecule has 2 heterocycles. The first-order valence-electron chi connectivity index (χ1n) is 9.30. The molecule has 3 aromatic rings. The van der Waals surface area contributed by atoms with Crippen LogP contribution in [-0.4, -0.2) is 28.7 Å². The Morgan fingerprint density at radius 3 is 2.54 bits per heavy atom. The number of benzene rings is 2. The fourth-order valence-electron chi connectivity index (χ4n) is 3.94. The third-order valence-electron chi connectivity index (χ3n) is 5.38. The van der Waals surface area contributed by atoms with Crippen molar-refractivity contribution in [3.63, 3.8) is 0 Å². The van der Waals surface area contributed by atoms with Gasteiger partial charge in [-0.3, -0.25) is 0 Å². The van der Waals surface area contributed by atoms with Crippen LogP contribution in [0.3, 0.4) is 0 Å². The molecule has 4 heteroatoms. The summed E-state index contributed by atoms with van der Waals surface area (Å²) in [6.07, 6.45) is 5.58. The zero-order valence-corrected chi connectivity index (χ0v) is 14.8. The van der Waals surface area contributed by atoms with E-state index in [1.54, 1.807) is 12.1 Å². The van der Waals surface area contributed by atoms with Crippen molar-refractivity contribution in [2.45, 2.75) is 25.8 Å². The maximum absolute atomic E-state index is 11.0. The van der Waals surface area contributed by atoms with Gasteiger partial charge >= 0.3 is 5.97 Å². The zero-order valence-electron chi connectivity index (χ0n) is 14.8. The SMILES string of the molecule is O=C(O)c1ccc(Cc2cn(CC3CCNCC3)c3ccccc23)cc1. The van der Waals surface area contributed by atoms with E-state index in [1.807, 2.05) is 12.1 Å². The second kappa shape index (κ2) is 7.34. The molecule has 0 spiro atoms. The van der Waals surface area contributed by atoms with Crippen molar-refractivity contribution in [3.8, 4) is 0 Å². The number of aromatic nitrogens is 1. The minimum absolute atomic E-state index is 0.335. The van der Waals surface area contributed by atoms with Gasteiger partial charge in [-0.15, -0.1) is 0 Å². The number of fused-ring (bicyclic) bond motifs is 1. The summed E-state index contributed by atoms with van der Waals surface area (Å²) in [5.74, 6) is -0.148. The standard InChI is InChI=1S/C22H24N2O2/c25-22(26)18-7-5-16(6-8-18)13-19-15-24(14-17-9-11-23-12-10-17)21-4-2-1-3-20(19)21/h1-8,15,17,23H,9-14H2,(H,25,26). The number of hydrogen-bond acceptors (Lipinski definition) is 2. The minimum Gasteiger partial charge on any atom is -0.478 e. The molecule has 1 aliphatic heterocycles. The van der Waals surface area contributed by atoms with Crippen LogP contribution < -0.4 is 5.32 Å². The number of hydrogen-bond donors (Lipinski definition) is 2. The lowest BCUT2D eigenvalue weighted by atomic mass is 9.98. The Morgan fingerprint density at radius 2 is 1.81 bits per heavy atom. The number of nitrogens with one attached hydrogen (secondary N) is 1. The maximum atomic E-state index is 11.0. The highest BCUT2D eigenvalue weighted by Crippen LogP contribution is 2.26. The van der Waals surface area contributed by atoms with Crippen LogP contribution >= 0.6 is 0 Å². The Hall–Kier alpha value is -2.59. The van der Waals surface area contributed by atoms with Crippen LogP contribution in [0.15, 0.2) is 54.7 Å². The highest BCUT2D eigenvalue weighted by molar-refractivity contribution is 5.87. The summed E-state index contributed by atoms with van der Waals surface area (Å²) in [4.78, 5) is 11.0. The van der Waals surface area contributed by atoms with Gasteiger partial charge in [-0.05, 0) is 67.6 Å². The first-order chi connectivity index (χ1) is 12.7. The van der Waals surface area contributed by atoms with Crippen LogP contribution in [0.5, 0.6) is 0 Å². The van der Waals surface area contributed by atoms with E-state index in [4.69, 9.17) is 5.11 Å². The quantitative estimate of drug-likeness (QED) is 0.734.